The van der Waals surface area contributed by atoms with E-state index < -0.39 is 0 Å². The molecule has 0 bridgehead atoms. The van der Waals surface area contributed by atoms with Crippen LogP contribution < -0.4 is 0 Å². The van der Waals surface area contributed by atoms with Crippen LogP contribution in [0.4, 0.5) is 0 Å². The van der Waals surface area contributed by atoms with Crippen LogP contribution in [0.3, 0.4) is 0 Å². The third kappa shape index (κ3) is 0.681. The van der Waals surface area contributed by atoms with Crippen molar-refractivity contribution in [2.75, 3.05) is 5.75 Å². The van der Waals surface area contributed by atoms with Crippen LogP contribution in [0.2, 0.25) is 0 Å². The van der Waals surface area contributed by atoms with Gasteiger partial charge in [0.2, 0.25) is 0 Å². The van der Waals surface area contributed by atoms with Crippen molar-refractivity contribution in [3.05, 3.63) is 0 Å². The molecule has 4 saturated carbocycles. The monoisotopic (exact) mass is 208 g/mol. The molecule has 0 aromatic heterocycles. The Kier molecular flexibility index (Phi) is 1.54. The average molecular weight is 208 g/mol. The van der Waals surface area contributed by atoms with Crippen molar-refractivity contribution in [3.63, 3.8) is 0 Å². The van der Waals surface area contributed by atoms with E-state index in [1.165, 1.54) is 41.8 Å². The van der Waals surface area contributed by atoms with E-state index >= 15 is 0 Å². The van der Waals surface area contributed by atoms with Gasteiger partial charge in [-0.15, -0.1) is 0 Å². The van der Waals surface area contributed by atoms with Gasteiger partial charge in [0.15, 0.2) is 0 Å². The van der Waals surface area contributed by atoms with Crippen LogP contribution in [-0.4, -0.2) is 10.5 Å². The van der Waals surface area contributed by atoms with Gasteiger partial charge in [0.1, 0.15) is 0 Å². The molecule has 6 atom stereocenters. The molecule has 0 spiro atoms. The molecule has 4 aliphatic carbocycles. The highest BCUT2D eigenvalue weighted by Gasteiger charge is 2.78. The highest BCUT2D eigenvalue weighted by molar-refractivity contribution is 8.00. The Labute approximate surface area is 91.2 Å². The summed E-state index contributed by atoms with van der Waals surface area (Å²) in [6, 6.07) is 0. The third-order valence-corrected chi connectivity index (χ3v) is 7.76. The summed E-state index contributed by atoms with van der Waals surface area (Å²) in [5, 5.41) is 0. The fourth-order valence-electron chi connectivity index (χ4n) is 5.09. The van der Waals surface area contributed by atoms with E-state index in [2.05, 4.69) is 18.7 Å². The predicted octanol–water partition coefficient (Wildman–Crippen LogP) is 3.56. The molecule has 1 heteroatoms. The Morgan fingerprint density at radius 2 is 2.07 bits per heavy atom. The van der Waals surface area contributed by atoms with Gasteiger partial charge in [-0.3, -0.25) is 0 Å². The number of rotatable bonds is 3. The average Bonchev–Trinajstić information content (AvgIpc) is 2.13. The van der Waals surface area contributed by atoms with Crippen LogP contribution >= 0.6 is 11.8 Å². The van der Waals surface area contributed by atoms with Crippen molar-refractivity contribution in [3.8, 4) is 0 Å². The molecule has 0 N–H and O–H groups in total. The van der Waals surface area contributed by atoms with Gasteiger partial charge >= 0.3 is 0 Å². The highest BCUT2D eigenvalue weighted by atomic mass is 32.2. The molecule has 0 saturated heterocycles. The van der Waals surface area contributed by atoms with Crippen molar-refractivity contribution in [1.82, 2.24) is 0 Å². The normalized spacial score (nSPS) is 61.9. The molecular formula is C13H20S. The molecule has 4 rings (SSSR count). The van der Waals surface area contributed by atoms with Crippen LogP contribution in [0.5, 0.6) is 0 Å². The van der Waals surface area contributed by atoms with E-state index in [1.807, 2.05) is 0 Å². The van der Waals surface area contributed by atoms with Gasteiger partial charge in [-0.1, -0.05) is 6.92 Å². The quantitative estimate of drug-likeness (QED) is 0.683. The standard InChI is InChI=1S/C13H20S/c1-2-7-14-13-6-5-10(13)11-8-3-4-9(8)12(11)13/h8-12H,2-7H2,1H3/t8?,9?,10?,11?,12?,13-/m1/s1. The molecule has 0 aliphatic heterocycles. The van der Waals surface area contributed by atoms with Crippen LogP contribution in [0.15, 0.2) is 0 Å². The summed E-state index contributed by atoms with van der Waals surface area (Å²) in [6.07, 6.45) is 7.72. The molecule has 0 amide bonds. The Morgan fingerprint density at radius 3 is 2.64 bits per heavy atom. The van der Waals surface area contributed by atoms with Gasteiger partial charge < -0.3 is 0 Å². The van der Waals surface area contributed by atoms with E-state index in [0.717, 1.165) is 4.75 Å². The lowest BCUT2D eigenvalue weighted by molar-refractivity contribution is -0.267. The molecule has 5 unspecified atom stereocenters. The highest BCUT2D eigenvalue weighted by Crippen LogP contribution is 2.82. The van der Waals surface area contributed by atoms with Crippen molar-refractivity contribution in [1.29, 1.82) is 0 Å². The predicted molar refractivity (Wildman–Crippen MR) is 61.4 cm³/mol. The zero-order chi connectivity index (χ0) is 9.34. The maximum Gasteiger partial charge on any atom is 0.0224 e. The van der Waals surface area contributed by atoms with Crippen molar-refractivity contribution >= 4 is 11.8 Å². The Bertz CT molecular complexity index is 274. The molecule has 0 aromatic carbocycles. The first-order valence-electron chi connectivity index (χ1n) is 6.52. The maximum atomic E-state index is 2.36. The molecule has 0 aromatic rings. The molecule has 78 valence electrons. The van der Waals surface area contributed by atoms with Crippen molar-refractivity contribution < 1.29 is 0 Å². The molecular weight excluding hydrogens is 188 g/mol. The lowest BCUT2D eigenvalue weighted by Crippen LogP contribution is -2.79. The summed E-state index contributed by atoms with van der Waals surface area (Å²) in [4.78, 5) is 0. The van der Waals surface area contributed by atoms with Crippen molar-refractivity contribution in [2.24, 2.45) is 29.6 Å². The second-order valence-corrected chi connectivity index (χ2v) is 7.41. The molecule has 4 aliphatic rings. The number of fused-ring (bicyclic) bond motifs is 7. The van der Waals surface area contributed by atoms with Gasteiger partial charge in [0.05, 0.1) is 0 Å². The second kappa shape index (κ2) is 2.53. The Hall–Kier alpha value is 0.350. The number of thioether (sulfide) groups is 1. The van der Waals surface area contributed by atoms with Crippen LogP contribution in [0, 0.1) is 29.6 Å². The summed E-state index contributed by atoms with van der Waals surface area (Å²) in [5.74, 6) is 7.48. The smallest absolute Gasteiger partial charge is 0.0224 e. The zero-order valence-electron chi connectivity index (χ0n) is 9.04. The number of hydrogen-bond acceptors (Lipinski definition) is 1. The van der Waals surface area contributed by atoms with E-state index in [9.17, 15) is 0 Å². The van der Waals surface area contributed by atoms with E-state index in [-0.39, 0.29) is 0 Å². The minimum atomic E-state index is 0.849. The molecule has 0 radical (unpaired) electrons. The van der Waals surface area contributed by atoms with Gasteiger partial charge in [-0.2, -0.15) is 11.8 Å². The minimum Gasteiger partial charge on any atom is -0.155 e. The fourth-order valence-corrected chi connectivity index (χ4v) is 6.95. The Balaban J connectivity index is 1.53. The minimum absolute atomic E-state index is 0.849. The summed E-state index contributed by atoms with van der Waals surface area (Å²) in [5.41, 5.74) is 0. The molecule has 14 heavy (non-hydrogen) atoms. The molecule has 0 heterocycles. The maximum absolute atomic E-state index is 2.36. The van der Waals surface area contributed by atoms with E-state index in [1.54, 1.807) is 25.7 Å². The van der Waals surface area contributed by atoms with E-state index in [4.69, 9.17) is 0 Å². The summed E-state index contributed by atoms with van der Waals surface area (Å²) >= 11 is 2.36. The Morgan fingerprint density at radius 1 is 1.21 bits per heavy atom. The lowest BCUT2D eigenvalue weighted by atomic mass is 9.27. The first kappa shape index (κ1) is 8.50. The first-order chi connectivity index (χ1) is 6.88. The van der Waals surface area contributed by atoms with Crippen LogP contribution in [0.25, 0.3) is 0 Å². The van der Waals surface area contributed by atoms with Gasteiger partial charge in [0.25, 0.3) is 0 Å². The first-order valence-corrected chi connectivity index (χ1v) is 7.51. The summed E-state index contributed by atoms with van der Waals surface area (Å²) < 4.78 is 0.849. The SMILES string of the molecule is CCCS[C@]12CCC1C1C3CCC3C12. The van der Waals surface area contributed by atoms with Crippen molar-refractivity contribution in [2.45, 2.75) is 43.8 Å². The third-order valence-electron chi connectivity index (χ3n) is 5.83. The summed E-state index contributed by atoms with van der Waals surface area (Å²) in [6.45, 7) is 2.33. The number of hydrogen-bond donors (Lipinski definition) is 0. The van der Waals surface area contributed by atoms with Crippen LogP contribution in [0.1, 0.15) is 39.0 Å². The lowest BCUT2D eigenvalue weighted by Gasteiger charge is -2.82. The van der Waals surface area contributed by atoms with Gasteiger partial charge in [0, 0.05) is 4.75 Å². The molecule has 0 nitrogen and oxygen atoms in total. The van der Waals surface area contributed by atoms with Gasteiger partial charge in [-0.05, 0) is 67.4 Å². The van der Waals surface area contributed by atoms with E-state index in [0.29, 0.717) is 0 Å². The zero-order valence-corrected chi connectivity index (χ0v) is 9.85. The van der Waals surface area contributed by atoms with Gasteiger partial charge in [-0.25, -0.2) is 0 Å². The molecule has 4 fully saturated rings. The topological polar surface area (TPSA) is 0 Å². The summed E-state index contributed by atoms with van der Waals surface area (Å²) in [7, 11) is 0. The fraction of sp³-hybridized carbons (Fsp3) is 1.00. The van der Waals surface area contributed by atoms with Crippen LogP contribution in [-0.2, 0) is 0 Å². The second-order valence-electron chi connectivity index (χ2n) is 5.96. The largest absolute Gasteiger partial charge is 0.155 e.